The van der Waals surface area contributed by atoms with Crippen LogP contribution in [0.25, 0.3) is 0 Å². The molecule has 0 bridgehead atoms. The monoisotopic (exact) mass is 284 g/mol. The predicted octanol–water partition coefficient (Wildman–Crippen LogP) is -0.505. The number of hydrogen-bond donors (Lipinski definition) is 3. The minimum atomic E-state index is -1.28. The third kappa shape index (κ3) is 3.93. The Kier molecular flexibility index (Phi) is 4.65. The number of amides is 2. The minimum absolute atomic E-state index is 0.0452. The first-order valence-electron chi connectivity index (χ1n) is 7.33. The quantitative estimate of drug-likeness (QED) is 0.634. The maximum Gasteiger partial charge on any atom is 0.225 e. The highest BCUT2D eigenvalue weighted by atomic mass is 16.3. The summed E-state index contributed by atoms with van der Waals surface area (Å²) in [5.41, 5.74) is -1.28. The van der Waals surface area contributed by atoms with Crippen molar-refractivity contribution in [3.8, 4) is 0 Å². The molecular formula is C14H24N2O4. The van der Waals surface area contributed by atoms with Gasteiger partial charge in [-0.3, -0.25) is 9.59 Å². The van der Waals surface area contributed by atoms with Gasteiger partial charge in [-0.1, -0.05) is 0 Å². The van der Waals surface area contributed by atoms with Gasteiger partial charge < -0.3 is 20.4 Å². The molecule has 0 spiro atoms. The molecule has 1 unspecified atom stereocenters. The van der Waals surface area contributed by atoms with Gasteiger partial charge in [-0.15, -0.1) is 0 Å². The van der Waals surface area contributed by atoms with Gasteiger partial charge in [0.1, 0.15) is 5.60 Å². The van der Waals surface area contributed by atoms with Crippen LogP contribution in [0.15, 0.2) is 0 Å². The molecule has 1 aliphatic heterocycles. The van der Waals surface area contributed by atoms with Gasteiger partial charge in [0.05, 0.1) is 6.61 Å². The number of nitrogens with zero attached hydrogens (tertiary/aromatic N) is 1. The molecule has 1 atom stereocenters. The molecule has 1 saturated heterocycles. The molecule has 6 heteroatoms. The number of carbonyl (C=O) groups is 2. The number of piperidine rings is 1. The van der Waals surface area contributed by atoms with E-state index in [1.54, 1.807) is 0 Å². The highest BCUT2D eigenvalue weighted by molar-refractivity contribution is 5.82. The zero-order valence-corrected chi connectivity index (χ0v) is 12.0. The van der Waals surface area contributed by atoms with Crippen LogP contribution in [-0.4, -0.2) is 58.8 Å². The van der Waals surface area contributed by atoms with Gasteiger partial charge in [0, 0.05) is 31.5 Å². The van der Waals surface area contributed by atoms with Crippen LogP contribution in [-0.2, 0) is 9.59 Å². The van der Waals surface area contributed by atoms with Crippen LogP contribution in [0.4, 0.5) is 0 Å². The molecule has 6 nitrogen and oxygen atoms in total. The lowest BCUT2D eigenvalue weighted by Crippen LogP contribution is -2.47. The topological polar surface area (TPSA) is 89.9 Å². The molecule has 1 saturated carbocycles. The van der Waals surface area contributed by atoms with Crippen molar-refractivity contribution >= 4 is 11.8 Å². The van der Waals surface area contributed by atoms with Crippen LogP contribution >= 0.6 is 0 Å². The highest BCUT2D eigenvalue weighted by Gasteiger charge is 2.36. The fourth-order valence-corrected chi connectivity index (χ4v) is 2.43. The van der Waals surface area contributed by atoms with E-state index < -0.39 is 5.60 Å². The normalized spacial score (nSPS) is 23.2. The molecule has 1 aliphatic carbocycles. The van der Waals surface area contributed by atoms with E-state index in [9.17, 15) is 14.7 Å². The molecule has 2 aliphatic rings. The fraction of sp³-hybridized carbons (Fsp3) is 0.857. The van der Waals surface area contributed by atoms with Crippen LogP contribution in [0.1, 0.15) is 32.6 Å². The average Bonchev–Trinajstić information content (AvgIpc) is 3.29. The van der Waals surface area contributed by atoms with E-state index in [2.05, 4.69) is 5.32 Å². The number of aliphatic hydroxyl groups is 2. The summed E-state index contributed by atoms with van der Waals surface area (Å²) in [6.45, 7) is 2.42. The van der Waals surface area contributed by atoms with Crippen LogP contribution in [0.5, 0.6) is 0 Å². The first-order valence-corrected chi connectivity index (χ1v) is 7.33. The van der Waals surface area contributed by atoms with Gasteiger partial charge in [-0.2, -0.15) is 0 Å². The van der Waals surface area contributed by atoms with Crippen LogP contribution in [0, 0.1) is 11.8 Å². The smallest absolute Gasteiger partial charge is 0.225 e. The molecule has 1 heterocycles. The maximum absolute atomic E-state index is 12.0. The van der Waals surface area contributed by atoms with Crippen molar-refractivity contribution in [2.75, 3.05) is 26.2 Å². The van der Waals surface area contributed by atoms with Gasteiger partial charge in [0.2, 0.25) is 11.8 Å². The average molecular weight is 284 g/mol. The Morgan fingerprint density at radius 2 is 1.80 bits per heavy atom. The van der Waals surface area contributed by atoms with Crippen molar-refractivity contribution in [3.63, 3.8) is 0 Å². The molecule has 20 heavy (non-hydrogen) atoms. The molecule has 3 N–H and O–H groups in total. The molecule has 0 radical (unpaired) electrons. The number of likely N-dealkylation sites (tertiary alicyclic amines) is 1. The zero-order valence-electron chi connectivity index (χ0n) is 12.0. The number of carbonyl (C=O) groups excluding carboxylic acids is 2. The van der Waals surface area contributed by atoms with Crippen molar-refractivity contribution in [1.29, 1.82) is 0 Å². The summed E-state index contributed by atoms with van der Waals surface area (Å²) < 4.78 is 0. The summed E-state index contributed by atoms with van der Waals surface area (Å²) in [6, 6.07) is 0. The molecule has 2 amide bonds. The van der Waals surface area contributed by atoms with Crippen molar-refractivity contribution in [2.24, 2.45) is 11.8 Å². The lowest BCUT2D eigenvalue weighted by Gasteiger charge is -2.32. The highest BCUT2D eigenvalue weighted by Crippen LogP contribution is 2.32. The first kappa shape index (κ1) is 15.3. The molecule has 114 valence electrons. The molecule has 0 aromatic rings. The van der Waals surface area contributed by atoms with Gasteiger partial charge in [0.15, 0.2) is 0 Å². The van der Waals surface area contributed by atoms with E-state index in [1.165, 1.54) is 6.92 Å². The molecule has 0 aromatic carbocycles. The van der Waals surface area contributed by atoms with Crippen molar-refractivity contribution in [2.45, 2.75) is 38.2 Å². The summed E-state index contributed by atoms with van der Waals surface area (Å²) in [5.74, 6) is 0.275. The first-order chi connectivity index (χ1) is 9.43. The van der Waals surface area contributed by atoms with E-state index >= 15 is 0 Å². The van der Waals surface area contributed by atoms with Gasteiger partial charge in [0.25, 0.3) is 0 Å². The number of nitrogens with one attached hydrogen (secondary N) is 1. The second-order valence-electron chi connectivity index (χ2n) is 6.25. The molecule has 2 fully saturated rings. The molecular weight excluding hydrogens is 260 g/mol. The van der Waals surface area contributed by atoms with Crippen molar-refractivity contribution in [3.05, 3.63) is 0 Å². The Morgan fingerprint density at radius 1 is 1.20 bits per heavy atom. The molecule has 0 aromatic heterocycles. The third-order valence-electron chi connectivity index (χ3n) is 4.09. The lowest BCUT2D eigenvalue weighted by molar-refractivity contribution is -0.137. The zero-order chi connectivity index (χ0) is 14.8. The standard InChI is InChI=1S/C14H24N2O4/c1-14(20,9-17)8-15-12(18)10-4-6-16(7-5-10)13(19)11-2-3-11/h10-11,17,20H,2-9H2,1H3,(H,15,18). The second-order valence-corrected chi connectivity index (χ2v) is 6.25. The van der Waals surface area contributed by atoms with E-state index in [-0.39, 0.29) is 36.8 Å². The van der Waals surface area contributed by atoms with Gasteiger partial charge >= 0.3 is 0 Å². The number of hydrogen-bond acceptors (Lipinski definition) is 4. The summed E-state index contributed by atoms with van der Waals surface area (Å²) in [5, 5.41) is 21.2. The van der Waals surface area contributed by atoms with Crippen LogP contribution in [0.2, 0.25) is 0 Å². The van der Waals surface area contributed by atoms with Gasteiger partial charge in [-0.25, -0.2) is 0 Å². The Bertz CT molecular complexity index is 371. The largest absolute Gasteiger partial charge is 0.393 e. The minimum Gasteiger partial charge on any atom is -0.393 e. The fourth-order valence-electron chi connectivity index (χ4n) is 2.43. The SMILES string of the molecule is CC(O)(CO)CNC(=O)C1CCN(C(=O)C2CC2)CC1. The Morgan fingerprint density at radius 3 is 2.30 bits per heavy atom. The van der Waals surface area contributed by atoms with E-state index in [1.807, 2.05) is 4.90 Å². The van der Waals surface area contributed by atoms with E-state index in [4.69, 9.17) is 5.11 Å². The summed E-state index contributed by atoms with van der Waals surface area (Å²) >= 11 is 0. The third-order valence-corrected chi connectivity index (χ3v) is 4.09. The number of aliphatic hydroxyl groups excluding tert-OH is 1. The van der Waals surface area contributed by atoms with Crippen molar-refractivity contribution < 1.29 is 19.8 Å². The molecule has 2 rings (SSSR count). The summed E-state index contributed by atoms with van der Waals surface area (Å²) in [7, 11) is 0. The van der Waals surface area contributed by atoms with Crippen LogP contribution < -0.4 is 5.32 Å². The summed E-state index contributed by atoms with van der Waals surface area (Å²) in [6.07, 6.45) is 3.36. The van der Waals surface area contributed by atoms with Gasteiger partial charge in [-0.05, 0) is 32.6 Å². The summed E-state index contributed by atoms with van der Waals surface area (Å²) in [4.78, 5) is 25.7. The lowest BCUT2D eigenvalue weighted by atomic mass is 9.95. The van der Waals surface area contributed by atoms with E-state index in [0.717, 1.165) is 12.8 Å². The Hall–Kier alpha value is -1.14. The second kappa shape index (κ2) is 6.10. The number of rotatable bonds is 5. The Labute approximate surface area is 119 Å². The van der Waals surface area contributed by atoms with Crippen LogP contribution in [0.3, 0.4) is 0 Å². The van der Waals surface area contributed by atoms with Crippen molar-refractivity contribution in [1.82, 2.24) is 10.2 Å². The van der Waals surface area contributed by atoms with E-state index in [0.29, 0.717) is 25.9 Å². The predicted molar refractivity (Wildman–Crippen MR) is 72.7 cm³/mol. The maximum atomic E-state index is 12.0. The Balaban J connectivity index is 1.72.